The number of rotatable bonds is 5. The molecule has 2 N–H and O–H groups in total. The minimum atomic E-state index is -3.19. The lowest BCUT2D eigenvalue weighted by molar-refractivity contribution is 0.594. The van der Waals surface area contributed by atoms with E-state index in [4.69, 9.17) is 5.73 Å². The van der Waals surface area contributed by atoms with E-state index in [1.165, 1.54) is 0 Å². The molecule has 2 aromatic carbocycles. The summed E-state index contributed by atoms with van der Waals surface area (Å²) in [5.41, 5.74) is 10.4. The van der Waals surface area contributed by atoms with Crippen molar-refractivity contribution in [3.63, 3.8) is 0 Å². The standard InChI is InChI=1S/C17H21NO2S/c1-13-6-14(2)8-17(7-13)12-21(19,20)11-16-5-3-4-15(9-16)10-18/h3-9H,10-12,18H2,1-2H3. The van der Waals surface area contributed by atoms with Gasteiger partial charge in [0.25, 0.3) is 0 Å². The zero-order chi connectivity index (χ0) is 15.5. The van der Waals surface area contributed by atoms with Crippen molar-refractivity contribution in [2.75, 3.05) is 0 Å². The van der Waals surface area contributed by atoms with E-state index in [9.17, 15) is 8.42 Å². The van der Waals surface area contributed by atoms with Crippen molar-refractivity contribution < 1.29 is 8.42 Å². The van der Waals surface area contributed by atoms with E-state index in [-0.39, 0.29) is 11.5 Å². The molecule has 0 heterocycles. The maximum Gasteiger partial charge on any atom is 0.158 e. The molecule has 0 unspecified atom stereocenters. The summed E-state index contributed by atoms with van der Waals surface area (Å²) < 4.78 is 24.7. The van der Waals surface area contributed by atoms with E-state index in [1.54, 1.807) is 0 Å². The first kappa shape index (κ1) is 15.7. The molecule has 0 saturated heterocycles. The van der Waals surface area contributed by atoms with Gasteiger partial charge in [-0.2, -0.15) is 0 Å². The Hall–Kier alpha value is -1.65. The highest BCUT2D eigenvalue weighted by molar-refractivity contribution is 7.89. The molecular formula is C17H21NO2S. The monoisotopic (exact) mass is 303 g/mol. The Morgan fingerprint density at radius 3 is 2.05 bits per heavy atom. The van der Waals surface area contributed by atoms with E-state index in [0.717, 1.165) is 27.8 Å². The number of nitrogens with two attached hydrogens (primary N) is 1. The van der Waals surface area contributed by atoms with Gasteiger partial charge in [-0.3, -0.25) is 0 Å². The number of hydrogen-bond donors (Lipinski definition) is 1. The molecule has 0 atom stereocenters. The summed E-state index contributed by atoms with van der Waals surface area (Å²) in [6, 6.07) is 13.4. The quantitative estimate of drug-likeness (QED) is 0.924. The van der Waals surface area contributed by atoms with Gasteiger partial charge in [-0.15, -0.1) is 0 Å². The van der Waals surface area contributed by atoms with Gasteiger partial charge in [-0.1, -0.05) is 53.6 Å². The summed E-state index contributed by atoms with van der Waals surface area (Å²) in [6.07, 6.45) is 0. The predicted molar refractivity (Wildman–Crippen MR) is 86.6 cm³/mol. The molecule has 3 nitrogen and oxygen atoms in total. The van der Waals surface area contributed by atoms with E-state index >= 15 is 0 Å². The molecule has 0 aromatic heterocycles. The Labute approximate surface area is 126 Å². The minimum absolute atomic E-state index is 0.0494. The summed E-state index contributed by atoms with van der Waals surface area (Å²) in [6.45, 7) is 4.38. The van der Waals surface area contributed by atoms with Crippen molar-refractivity contribution in [1.29, 1.82) is 0 Å². The molecular weight excluding hydrogens is 282 g/mol. The molecule has 0 aliphatic carbocycles. The van der Waals surface area contributed by atoms with Gasteiger partial charge in [0.1, 0.15) is 0 Å². The third kappa shape index (κ3) is 4.69. The van der Waals surface area contributed by atoms with Crippen LogP contribution in [0.25, 0.3) is 0 Å². The van der Waals surface area contributed by atoms with Crippen LogP contribution in [-0.2, 0) is 27.9 Å². The van der Waals surface area contributed by atoms with Crippen LogP contribution in [0, 0.1) is 13.8 Å². The summed E-state index contributed by atoms with van der Waals surface area (Å²) in [7, 11) is -3.19. The molecule has 4 heteroatoms. The Bertz CT molecular complexity index is 716. The third-order valence-corrected chi connectivity index (χ3v) is 4.83. The molecule has 0 bridgehead atoms. The molecule has 0 fully saturated rings. The van der Waals surface area contributed by atoms with Gasteiger partial charge < -0.3 is 5.73 Å². The van der Waals surface area contributed by atoms with Crippen LogP contribution in [0.5, 0.6) is 0 Å². The normalized spacial score (nSPS) is 11.6. The lowest BCUT2D eigenvalue weighted by Gasteiger charge is -2.08. The topological polar surface area (TPSA) is 60.2 Å². The Morgan fingerprint density at radius 2 is 1.43 bits per heavy atom. The van der Waals surface area contributed by atoms with Gasteiger partial charge in [0.05, 0.1) is 11.5 Å². The molecule has 2 rings (SSSR count). The minimum Gasteiger partial charge on any atom is -0.326 e. The Kier molecular flexibility index (Phi) is 4.80. The Balaban J connectivity index is 2.18. The van der Waals surface area contributed by atoms with E-state index in [2.05, 4.69) is 0 Å². The second-order valence-corrected chi connectivity index (χ2v) is 7.62. The lowest BCUT2D eigenvalue weighted by Crippen LogP contribution is -2.08. The van der Waals surface area contributed by atoms with Crippen LogP contribution in [0.3, 0.4) is 0 Å². The molecule has 0 radical (unpaired) electrons. The van der Waals surface area contributed by atoms with Crippen LogP contribution in [0.15, 0.2) is 42.5 Å². The van der Waals surface area contributed by atoms with Crippen LogP contribution in [-0.4, -0.2) is 8.42 Å². The summed E-state index contributed by atoms with van der Waals surface area (Å²) in [5, 5.41) is 0. The van der Waals surface area contributed by atoms with Gasteiger partial charge in [0.2, 0.25) is 0 Å². The molecule has 0 saturated carbocycles. The first-order valence-corrected chi connectivity index (χ1v) is 8.75. The van der Waals surface area contributed by atoms with Crippen molar-refractivity contribution in [2.45, 2.75) is 31.9 Å². The zero-order valence-electron chi connectivity index (χ0n) is 12.5. The summed E-state index contributed by atoms with van der Waals surface area (Å²) in [4.78, 5) is 0. The van der Waals surface area contributed by atoms with Crippen LogP contribution in [0.1, 0.15) is 27.8 Å². The first-order valence-electron chi connectivity index (χ1n) is 6.93. The highest BCUT2D eigenvalue weighted by Crippen LogP contribution is 2.16. The van der Waals surface area contributed by atoms with Gasteiger partial charge in [0, 0.05) is 6.54 Å². The zero-order valence-corrected chi connectivity index (χ0v) is 13.3. The SMILES string of the molecule is Cc1cc(C)cc(CS(=O)(=O)Cc2cccc(CN)c2)c1. The first-order chi connectivity index (χ1) is 9.88. The van der Waals surface area contributed by atoms with Crippen LogP contribution in [0.4, 0.5) is 0 Å². The van der Waals surface area contributed by atoms with E-state index < -0.39 is 9.84 Å². The number of hydrogen-bond acceptors (Lipinski definition) is 3. The van der Waals surface area contributed by atoms with Crippen molar-refractivity contribution in [2.24, 2.45) is 5.73 Å². The maximum absolute atomic E-state index is 12.4. The fraction of sp³-hybridized carbons (Fsp3) is 0.294. The molecule has 2 aromatic rings. The largest absolute Gasteiger partial charge is 0.326 e. The smallest absolute Gasteiger partial charge is 0.158 e. The number of aryl methyl sites for hydroxylation is 2. The van der Waals surface area contributed by atoms with Crippen LogP contribution < -0.4 is 5.73 Å². The number of benzene rings is 2. The van der Waals surface area contributed by atoms with Crippen molar-refractivity contribution in [3.05, 3.63) is 70.3 Å². The fourth-order valence-corrected chi connectivity index (χ4v) is 4.02. The second-order valence-electron chi connectivity index (χ2n) is 5.55. The molecule has 112 valence electrons. The Morgan fingerprint density at radius 1 is 0.857 bits per heavy atom. The van der Waals surface area contributed by atoms with Crippen LogP contribution >= 0.6 is 0 Å². The van der Waals surface area contributed by atoms with Gasteiger partial charge in [-0.05, 0) is 30.5 Å². The summed E-state index contributed by atoms with van der Waals surface area (Å²) >= 11 is 0. The van der Waals surface area contributed by atoms with E-state index in [0.29, 0.717) is 6.54 Å². The molecule has 0 aliphatic heterocycles. The van der Waals surface area contributed by atoms with Crippen molar-refractivity contribution in [3.8, 4) is 0 Å². The molecule has 0 spiro atoms. The average molecular weight is 303 g/mol. The molecule has 0 aliphatic rings. The predicted octanol–water partition coefficient (Wildman–Crippen LogP) is 2.88. The molecule has 0 amide bonds. The summed E-state index contributed by atoms with van der Waals surface area (Å²) in [5.74, 6) is 0.121. The van der Waals surface area contributed by atoms with Crippen molar-refractivity contribution in [1.82, 2.24) is 0 Å². The number of sulfone groups is 1. The van der Waals surface area contributed by atoms with Crippen molar-refractivity contribution >= 4 is 9.84 Å². The fourth-order valence-electron chi connectivity index (χ4n) is 2.56. The highest BCUT2D eigenvalue weighted by Gasteiger charge is 2.14. The van der Waals surface area contributed by atoms with Crippen LogP contribution in [0.2, 0.25) is 0 Å². The van der Waals surface area contributed by atoms with E-state index in [1.807, 2.05) is 56.3 Å². The third-order valence-electron chi connectivity index (χ3n) is 3.28. The van der Waals surface area contributed by atoms with Gasteiger partial charge >= 0.3 is 0 Å². The van der Waals surface area contributed by atoms with Gasteiger partial charge in [0.15, 0.2) is 9.84 Å². The lowest BCUT2D eigenvalue weighted by atomic mass is 10.1. The highest BCUT2D eigenvalue weighted by atomic mass is 32.2. The molecule has 21 heavy (non-hydrogen) atoms. The second kappa shape index (κ2) is 6.41. The van der Waals surface area contributed by atoms with Gasteiger partial charge in [-0.25, -0.2) is 8.42 Å². The maximum atomic E-state index is 12.4. The average Bonchev–Trinajstić information content (AvgIpc) is 2.36.